The van der Waals surface area contributed by atoms with Gasteiger partial charge in [-0.3, -0.25) is 4.79 Å². The van der Waals surface area contributed by atoms with Crippen LogP contribution in [0.4, 0.5) is 0 Å². The molecule has 6 nitrogen and oxygen atoms in total. The summed E-state index contributed by atoms with van der Waals surface area (Å²) in [5.74, 6) is 0.121. The largest absolute Gasteiger partial charge is 0.340 e. The van der Waals surface area contributed by atoms with E-state index in [2.05, 4.69) is 4.90 Å². The maximum absolute atomic E-state index is 12.6. The van der Waals surface area contributed by atoms with Crippen molar-refractivity contribution >= 4 is 27.5 Å². The Labute approximate surface area is 154 Å². The van der Waals surface area contributed by atoms with E-state index in [1.807, 2.05) is 0 Å². The van der Waals surface area contributed by atoms with Gasteiger partial charge in [-0.2, -0.15) is 4.31 Å². The van der Waals surface area contributed by atoms with Gasteiger partial charge in [-0.05, 0) is 50.2 Å². The number of carbonyl (C=O) groups is 1. The van der Waals surface area contributed by atoms with E-state index in [4.69, 9.17) is 11.6 Å². The molecule has 0 saturated carbocycles. The molecule has 8 heteroatoms. The molecule has 2 aliphatic rings. The first-order chi connectivity index (χ1) is 12.0. The number of hydrogen-bond acceptors (Lipinski definition) is 4. The molecule has 25 heavy (non-hydrogen) atoms. The van der Waals surface area contributed by atoms with Crippen molar-refractivity contribution in [1.82, 2.24) is 14.1 Å². The van der Waals surface area contributed by atoms with Crippen molar-refractivity contribution in [1.29, 1.82) is 0 Å². The average molecular weight is 386 g/mol. The Bertz CT molecular complexity index is 694. The molecule has 0 N–H and O–H groups in total. The van der Waals surface area contributed by atoms with Crippen LogP contribution in [0.1, 0.15) is 19.3 Å². The molecule has 1 aromatic carbocycles. The van der Waals surface area contributed by atoms with E-state index in [1.165, 1.54) is 29.3 Å². The fourth-order valence-corrected chi connectivity index (χ4v) is 4.90. The number of rotatable bonds is 5. The Kier molecular flexibility index (Phi) is 5.99. The smallest absolute Gasteiger partial charge is 0.243 e. The number of halogens is 1. The lowest BCUT2D eigenvalue weighted by molar-refractivity contribution is -0.132. The molecule has 0 spiro atoms. The molecule has 2 aliphatic heterocycles. The minimum Gasteiger partial charge on any atom is -0.340 e. The highest BCUT2D eigenvalue weighted by molar-refractivity contribution is 7.89. The minimum absolute atomic E-state index is 0.121. The number of nitrogens with zero attached hydrogens (tertiary/aromatic N) is 3. The topological polar surface area (TPSA) is 60.9 Å². The van der Waals surface area contributed by atoms with Gasteiger partial charge < -0.3 is 9.80 Å². The van der Waals surface area contributed by atoms with Gasteiger partial charge in [-0.15, -0.1) is 0 Å². The van der Waals surface area contributed by atoms with E-state index < -0.39 is 10.0 Å². The molecular formula is C17H24ClN3O3S. The average Bonchev–Trinajstić information content (AvgIpc) is 3.14. The number of sulfonamides is 1. The zero-order valence-corrected chi connectivity index (χ0v) is 15.8. The van der Waals surface area contributed by atoms with Crippen LogP contribution in [-0.2, 0) is 14.8 Å². The first-order valence-corrected chi connectivity index (χ1v) is 10.5. The third-order valence-electron chi connectivity index (χ3n) is 4.88. The molecule has 0 aliphatic carbocycles. The lowest BCUT2D eigenvalue weighted by atomic mass is 10.3. The lowest BCUT2D eigenvalue weighted by Gasteiger charge is -2.34. The van der Waals surface area contributed by atoms with Crippen LogP contribution in [0.2, 0.25) is 5.02 Å². The van der Waals surface area contributed by atoms with Crippen LogP contribution in [0, 0.1) is 0 Å². The Morgan fingerprint density at radius 1 is 0.960 bits per heavy atom. The fraction of sp³-hybridized carbons (Fsp3) is 0.588. The number of likely N-dealkylation sites (tertiary alicyclic amines) is 1. The summed E-state index contributed by atoms with van der Waals surface area (Å²) in [5, 5.41) is 0.507. The Hall–Kier alpha value is -1.15. The van der Waals surface area contributed by atoms with Gasteiger partial charge in [0.1, 0.15) is 0 Å². The summed E-state index contributed by atoms with van der Waals surface area (Å²) in [6.07, 6.45) is 2.95. The second-order valence-corrected chi connectivity index (χ2v) is 8.91. The zero-order valence-electron chi connectivity index (χ0n) is 14.2. The maximum Gasteiger partial charge on any atom is 0.243 e. The van der Waals surface area contributed by atoms with Gasteiger partial charge in [0, 0.05) is 44.2 Å². The molecule has 0 aromatic heterocycles. The van der Waals surface area contributed by atoms with Crippen molar-refractivity contribution < 1.29 is 13.2 Å². The molecule has 1 amide bonds. The van der Waals surface area contributed by atoms with Crippen LogP contribution in [0.15, 0.2) is 29.2 Å². The van der Waals surface area contributed by atoms with E-state index in [1.54, 1.807) is 17.0 Å². The first-order valence-electron chi connectivity index (χ1n) is 8.73. The third-order valence-corrected chi connectivity index (χ3v) is 7.05. The molecule has 0 bridgehead atoms. The van der Waals surface area contributed by atoms with E-state index in [-0.39, 0.29) is 10.8 Å². The second kappa shape index (κ2) is 8.03. The van der Waals surface area contributed by atoms with Crippen LogP contribution < -0.4 is 0 Å². The predicted octanol–water partition coefficient (Wildman–Crippen LogP) is 1.66. The number of hydrogen-bond donors (Lipinski definition) is 0. The third kappa shape index (κ3) is 4.53. The summed E-state index contributed by atoms with van der Waals surface area (Å²) >= 11 is 5.82. The van der Waals surface area contributed by atoms with Crippen LogP contribution in [0.25, 0.3) is 0 Å². The molecule has 2 heterocycles. The quantitative estimate of drug-likeness (QED) is 0.773. The van der Waals surface area contributed by atoms with Gasteiger partial charge in [0.15, 0.2) is 0 Å². The van der Waals surface area contributed by atoms with Crippen molar-refractivity contribution in [3.8, 4) is 0 Å². The summed E-state index contributed by atoms with van der Waals surface area (Å²) in [7, 11) is -3.52. The number of amides is 1. The van der Waals surface area contributed by atoms with Gasteiger partial charge in [0.05, 0.1) is 4.90 Å². The van der Waals surface area contributed by atoms with Crippen molar-refractivity contribution in [2.24, 2.45) is 0 Å². The molecule has 2 saturated heterocycles. The normalized spacial score (nSPS) is 20.1. The SMILES string of the molecule is O=C(CCN1CCCC1)N1CCN(S(=O)(=O)c2ccc(Cl)cc2)CC1. The van der Waals surface area contributed by atoms with E-state index in [0.717, 1.165) is 19.6 Å². The van der Waals surface area contributed by atoms with Crippen LogP contribution in [0.5, 0.6) is 0 Å². The molecule has 0 atom stereocenters. The monoisotopic (exact) mass is 385 g/mol. The highest BCUT2D eigenvalue weighted by atomic mass is 35.5. The van der Waals surface area contributed by atoms with Gasteiger partial charge >= 0.3 is 0 Å². The number of carbonyl (C=O) groups excluding carboxylic acids is 1. The predicted molar refractivity (Wildman–Crippen MR) is 97.1 cm³/mol. The van der Waals surface area contributed by atoms with Crippen molar-refractivity contribution in [2.45, 2.75) is 24.2 Å². The molecule has 3 rings (SSSR count). The zero-order chi connectivity index (χ0) is 17.9. The summed E-state index contributed by atoms with van der Waals surface area (Å²) < 4.78 is 26.7. The van der Waals surface area contributed by atoms with Gasteiger partial charge in [-0.1, -0.05) is 11.6 Å². The highest BCUT2D eigenvalue weighted by Gasteiger charge is 2.30. The van der Waals surface area contributed by atoms with Gasteiger partial charge in [-0.25, -0.2) is 8.42 Å². The Morgan fingerprint density at radius 3 is 2.16 bits per heavy atom. The highest BCUT2D eigenvalue weighted by Crippen LogP contribution is 2.20. The van der Waals surface area contributed by atoms with Crippen LogP contribution >= 0.6 is 11.6 Å². The number of piperazine rings is 1. The fourth-order valence-electron chi connectivity index (χ4n) is 3.35. The molecule has 2 fully saturated rings. The van der Waals surface area contributed by atoms with Crippen molar-refractivity contribution in [3.63, 3.8) is 0 Å². The molecule has 0 unspecified atom stereocenters. The summed E-state index contributed by atoms with van der Waals surface area (Å²) in [4.78, 5) is 16.7. The van der Waals surface area contributed by atoms with Crippen molar-refractivity contribution in [3.05, 3.63) is 29.3 Å². The van der Waals surface area contributed by atoms with Gasteiger partial charge in [0.2, 0.25) is 15.9 Å². The molecule has 0 radical (unpaired) electrons. The van der Waals surface area contributed by atoms with Gasteiger partial charge in [0.25, 0.3) is 0 Å². The molecular weight excluding hydrogens is 362 g/mol. The lowest BCUT2D eigenvalue weighted by Crippen LogP contribution is -2.50. The Morgan fingerprint density at radius 2 is 1.56 bits per heavy atom. The van der Waals surface area contributed by atoms with E-state index in [9.17, 15) is 13.2 Å². The summed E-state index contributed by atoms with van der Waals surface area (Å²) in [6, 6.07) is 6.19. The second-order valence-electron chi connectivity index (χ2n) is 6.54. The summed E-state index contributed by atoms with van der Waals surface area (Å²) in [5.41, 5.74) is 0. The Balaban J connectivity index is 1.52. The van der Waals surface area contributed by atoms with Crippen LogP contribution in [-0.4, -0.2) is 74.2 Å². The summed E-state index contributed by atoms with van der Waals surface area (Å²) in [6.45, 7) is 4.54. The van der Waals surface area contributed by atoms with E-state index in [0.29, 0.717) is 37.6 Å². The maximum atomic E-state index is 12.6. The first kappa shape index (κ1) is 18.6. The minimum atomic E-state index is -3.52. The number of benzene rings is 1. The standard InChI is InChI=1S/C17H24ClN3O3S/c18-15-3-5-16(6-4-15)25(23,24)21-13-11-20(12-14-21)17(22)7-10-19-8-1-2-9-19/h3-6H,1-2,7-14H2. The van der Waals surface area contributed by atoms with Crippen molar-refractivity contribution in [2.75, 3.05) is 45.8 Å². The molecule has 1 aromatic rings. The molecule has 138 valence electrons. The van der Waals surface area contributed by atoms with E-state index >= 15 is 0 Å². The van der Waals surface area contributed by atoms with Crippen LogP contribution in [0.3, 0.4) is 0 Å².